The molecule has 1 N–H and O–H groups in total. The molecule has 1 aliphatic rings. The third kappa shape index (κ3) is 2.86. The third-order valence-electron chi connectivity index (χ3n) is 2.66. The zero-order valence-corrected chi connectivity index (χ0v) is 9.72. The topological polar surface area (TPSA) is 70.5 Å². The predicted molar refractivity (Wildman–Crippen MR) is 63.9 cm³/mol. The Morgan fingerprint density at radius 1 is 1.50 bits per heavy atom. The average molecular weight is 244 g/mol. The van der Waals surface area contributed by atoms with E-state index >= 15 is 0 Å². The van der Waals surface area contributed by atoms with Crippen molar-refractivity contribution in [1.82, 2.24) is 9.88 Å². The Bertz CT molecular complexity index is 543. The summed E-state index contributed by atoms with van der Waals surface area (Å²) in [6.07, 6.45) is 4.26. The number of nitrogens with zero attached hydrogens (tertiary/aromatic N) is 2. The number of hydrogen-bond donors (Lipinski definition) is 1. The number of carbonyl (C=O) groups excluding carboxylic acids is 1. The fourth-order valence-electron chi connectivity index (χ4n) is 1.73. The highest BCUT2D eigenvalue weighted by Gasteiger charge is 2.18. The highest BCUT2D eigenvalue weighted by Crippen LogP contribution is 2.08. The van der Waals surface area contributed by atoms with Crippen LogP contribution in [-0.2, 0) is 4.79 Å². The molecule has 92 valence electrons. The van der Waals surface area contributed by atoms with E-state index in [4.69, 9.17) is 5.11 Å². The summed E-state index contributed by atoms with van der Waals surface area (Å²) in [5.41, 5.74) is 0.653. The van der Waals surface area contributed by atoms with E-state index in [1.807, 2.05) is 0 Å². The maximum absolute atomic E-state index is 11.3. The molecule has 0 aliphatic carbocycles. The van der Waals surface area contributed by atoms with E-state index in [-0.39, 0.29) is 11.5 Å². The van der Waals surface area contributed by atoms with E-state index < -0.39 is 5.97 Å². The van der Waals surface area contributed by atoms with Crippen LogP contribution < -0.4 is 0 Å². The molecule has 5 heteroatoms. The van der Waals surface area contributed by atoms with Crippen LogP contribution >= 0.6 is 0 Å². The van der Waals surface area contributed by atoms with Crippen LogP contribution in [0.2, 0.25) is 0 Å². The summed E-state index contributed by atoms with van der Waals surface area (Å²) in [5.74, 6) is 4.78. The van der Waals surface area contributed by atoms with E-state index in [1.54, 1.807) is 4.90 Å². The Morgan fingerprint density at radius 3 is 3.00 bits per heavy atom. The average Bonchev–Trinajstić information content (AvgIpc) is 2.76. The van der Waals surface area contributed by atoms with E-state index in [9.17, 15) is 9.59 Å². The van der Waals surface area contributed by atoms with Crippen molar-refractivity contribution in [2.24, 2.45) is 0 Å². The summed E-state index contributed by atoms with van der Waals surface area (Å²) >= 11 is 0. The first-order valence-corrected chi connectivity index (χ1v) is 5.62. The SMILES string of the molecule is O=C(O)c1cncc(C#CCN2CCCC2=O)c1. The van der Waals surface area contributed by atoms with Gasteiger partial charge >= 0.3 is 5.97 Å². The van der Waals surface area contributed by atoms with Gasteiger partial charge in [0.25, 0.3) is 0 Å². The van der Waals surface area contributed by atoms with Gasteiger partial charge in [-0.05, 0) is 12.5 Å². The van der Waals surface area contributed by atoms with Crippen LogP contribution in [0.3, 0.4) is 0 Å². The lowest BCUT2D eigenvalue weighted by molar-refractivity contribution is -0.127. The van der Waals surface area contributed by atoms with Crippen molar-refractivity contribution in [3.05, 3.63) is 29.6 Å². The molecule has 1 saturated heterocycles. The minimum Gasteiger partial charge on any atom is -0.478 e. The molecular formula is C13H12N2O3. The molecule has 0 saturated carbocycles. The second kappa shape index (κ2) is 5.32. The Morgan fingerprint density at radius 2 is 2.33 bits per heavy atom. The molecule has 0 atom stereocenters. The number of rotatable bonds is 2. The largest absolute Gasteiger partial charge is 0.478 e. The molecule has 0 aromatic carbocycles. The number of amides is 1. The summed E-state index contributed by atoms with van der Waals surface area (Å²) in [4.78, 5) is 27.6. The lowest BCUT2D eigenvalue weighted by Crippen LogP contribution is -2.24. The molecule has 0 bridgehead atoms. The van der Waals surface area contributed by atoms with E-state index in [0.29, 0.717) is 18.5 Å². The first-order chi connectivity index (χ1) is 8.66. The van der Waals surface area contributed by atoms with Crippen molar-refractivity contribution in [3.8, 4) is 11.8 Å². The van der Waals surface area contributed by atoms with E-state index in [1.165, 1.54) is 18.5 Å². The number of aromatic carboxylic acids is 1. The molecule has 1 amide bonds. The maximum atomic E-state index is 11.3. The van der Waals surface area contributed by atoms with Gasteiger partial charge in [-0.2, -0.15) is 0 Å². The molecule has 1 fully saturated rings. The maximum Gasteiger partial charge on any atom is 0.337 e. The monoisotopic (exact) mass is 244 g/mol. The van der Waals surface area contributed by atoms with Gasteiger partial charge in [0, 0.05) is 30.9 Å². The summed E-state index contributed by atoms with van der Waals surface area (Å²) in [6, 6.07) is 1.47. The standard InChI is InChI=1S/C13H12N2O3/c16-12-4-2-6-15(12)5-1-3-10-7-11(13(17)18)9-14-8-10/h7-9H,2,4-6H2,(H,17,18). The smallest absolute Gasteiger partial charge is 0.337 e. The molecule has 0 radical (unpaired) electrons. The van der Waals surface area contributed by atoms with Gasteiger partial charge in [0.05, 0.1) is 12.1 Å². The quantitative estimate of drug-likeness (QED) is 0.779. The Hall–Kier alpha value is -2.35. The molecule has 1 aromatic heterocycles. The Labute approximate surface area is 104 Å². The molecule has 1 aromatic rings. The number of carboxylic acid groups (broad SMARTS) is 1. The summed E-state index contributed by atoms with van der Waals surface area (Å²) in [7, 11) is 0. The van der Waals surface area contributed by atoms with Crippen LogP contribution in [0, 0.1) is 11.8 Å². The molecule has 18 heavy (non-hydrogen) atoms. The van der Waals surface area contributed by atoms with Crippen molar-refractivity contribution in [3.63, 3.8) is 0 Å². The van der Waals surface area contributed by atoms with Crippen molar-refractivity contribution in [2.45, 2.75) is 12.8 Å². The van der Waals surface area contributed by atoms with Gasteiger partial charge in [-0.25, -0.2) is 4.79 Å². The number of carboxylic acids is 1. The number of hydrogen-bond acceptors (Lipinski definition) is 3. The minimum absolute atomic E-state index is 0.110. The van der Waals surface area contributed by atoms with Crippen molar-refractivity contribution >= 4 is 11.9 Å². The first kappa shape index (κ1) is 12.1. The minimum atomic E-state index is -1.03. The molecule has 0 unspecified atom stereocenters. The second-order valence-electron chi connectivity index (χ2n) is 3.99. The lowest BCUT2D eigenvalue weighted by Gasteiger charge is -2.09. The second-order valence-corrected chi connectivity index (χ2v) is 3.99. The highest BCUT2D eigenvalue weighted by molar-refractivity contribution is 5.87. The summed E-state index contributed by atoms with van der Waals surface area (Å²) in [5, 5.41) is 8.80. The van der Waals surface area contributed by atoms with Gasteiger partial charge < -0.3 is 10.0 Å². The molecule has 0 spiro atoms. The Balaban J connectivity index is 2.03. The van der Waals surface area contributed by atoms with Gasteiger partial charge in [-0.3, -0.25) is 9.78 Å². The fraction of sp³-hybridized carbons (Fsp3) is 0.308. The van der Waals surface area contributed by atoms with Crippen molar-refractivity contribution < 1.29 is 14.7 Å². The Kier molecular flexibility index (Phi) is 3.58. The van der Waals surface area contributed by atoms with Gasteiger partial charge in [-0.15, -0.1) is 0 Å². The third-order valence-corrected chi connectivity index (χ3v) is 2.66. The van der Waals surface area contributed by atoms with Crippen LogP contribution in [0.25, 0.3) is 0 Å². The zero-order valence-electron chi connectivity index (χ0n) is 9.72. The lowest BCUT2D eigenvalue weighted by atomic mass is 10.2. The molecule has 2 heterocycles. The van der Waals surface area contributed by atoms with Gasteiger partial charge in [0.15, 0.2) is 0 Å². The van der Waals surface area contributed by atoms with Crippen LogP contribution in [0.5, 0.6) is 0 Å². The van der Waals surface area contributed by atoms with Crippen LogP contribution in [0.15, 0.2) is 18.5 Å². The highest BCUT2D eigenvalue weighted by atomic mass is 16.4. The van der Waals surface area contributed by atoms with Gasteiger partial charge in [0.2, 0.25) is 5.91 Å². The fourth-order valence-corrected chi connectivity index (χ4v) is 1.73. The molecule has 1 aliphatic heterocycles. The van der Waals surface area contributed by atoms with Gasteiger partial charge in [0.1, 0.15) is 0 Å². The van der Waals surface area contributed by atoms with Crippen LogP contribution in [0.1, 0.15) is 28.8 Å². The molecule has 2 rings (SSSR count). The van der Waals surface area contributed by atoms with Crippen LogP contribution in [-0.4, -0.2) is 40.0 Å². The molecular weight excluding hydrogens is 232 g/mol. The van der Waals surface area contributed by atoms with Gasteiger partial charge in [-0.1, -0.05) is 11.8 Å². The number of aromatic nitrogens is 1. The first-order valence-electron chi connectivity index (χ1n) is 5.62. The number of carbonyl (C=O) groups is 2. The van der Waals surface area contributed by atoms with Crippen molar-refractivity contribution in [2.75, 3.05) is 13.1 Å². The van der Waals surface area contributed by atoms with Crippen LogP contribution in [0.4, 0.5) is 0 Å². The summed E-state index contributed by atoms with van der Waals surface area (Å²) < 4.78 is 0. The number of likely N-dealkylation sites (tertiary alicyclic amines) is 1. The molecule has 5 nitrogen and oxygen atoms in total. The summed E-state index contributed by atoms with van der Waals surface area (Å²) in [6.45, 7) is 1.14. The zero-order chi connectivity index (χ0) is 13.0. The number of pyridine rings is 1. The van der Waals surface area contributed by atoms with E-state index in [2.05, 4.69) is 16.8 Å². The normalized spacial score (nSPS) is 14.2. The van der Waals surface area contributed by atoms with E-state index in [0.717, 1.165) is 13.0 Å². The predicted octanol–water partition coefficient (Wildman–Crippen LogP) is 0.754. The van der Waals surface area contributed by atoms with Crippen molar-refractivity contribution in [1.29, 1.82) is 0 Å².